The van der Waals surface area contributed by atoms with Gasteiger partial charge in [-0.3, -0.25) is 0 Å². The molecule has 3 aliphatic heterocycles. The third-order valence-electron chi connectivity index (χ3n) is 8.54. The van der Waals surface area contributed by atoms with E-state index in [0.29, 0.717) is 59.4 Å². The molecule has 0 radical (unpaired) electrons. The number of nitrogens with zero attached hydrogens (tertiary/aromatic N) is 4. The van der Waals surface area contributed by atoms with Crippen LogP contribution >= 0.6 is 0 Å². The van der Waals surface area contributed by atoms with Gasteiger partial charge < -0.3 is 24.2 Å². The smallest absolute Gasteiger partial charge is 0.337 e. The molecule has 0 spiro atoms. The molecule has 1 saturated heterocycles. The van der Waals surface area contributed by atoms with Gasteiger partial charge in [0.25, 0.3) is 0 Å². The van der Waals surface area contributed by atoms with E-state index >= 15 is 0 Å². The molecule has 46 heavy (non-hydrogen) atoms. The van der Waals surface area contributed by atoms with E-state index in [1.807, 2.05) is 77.1 Å². The lowest BCUT2D eigenvalue weighted by molar-refractivity contribution is -0.160. The molecule has 242 valence electrons. The molecule has 0 saturated carbocycles. The van der Waals surface area contributed by atoms with E-state index in [1.165, 1.54) is 12.1 Å². The van der Waals surface area contributed by atoms with Crippen LogP contribution in [0.2, 0.25) is 0 Å². The van der Waals surface area contributed by atoms with E-state index in [0.717, 1.165) is 24.0 Å². The summed E-state index contributed by atoms with van der Waals surface area (Å²) in [4.78, 5) is 19.8. The number of ether oxygens (including phenoxy) is 3. The maximum absolute atomic E-state index is 14.6. The minimum Gasteiger partial charge on any atom is -0.486 e. The van der Waals surface area contributed by atoms with Crippen LogP contribution in [-0.2, 0) is 14.3 Å². The van der Waals surface area contributed by atoms with E-state index in [1.54, 1.807) is 10.6 Å². The molecule has 7 rings (SSSR count). The second-order valence-electron chi connectivity index (χ2n) is 13.4. The van der Waals surface area contributed by atoms with Gasteiger partial charge in [-0.25, -0.2) is 14.2 Å². The number of aryl methyl sites for hydroxylation is 1. The highest BCUT2D eigenvalue weighted by atomic mass is 19.1. The highest BCUT2D eigenvalue weighted by Gasteiger charge is 2.37. The number of carboxylic acid groups (broad SMARTS) is 1. The van der Waals surface area contributed by atoms with Crippen LogP contribution in [0.3, 0.4) is 0 Å². The second-order valence-corrected chi connectivity index (χ2v) is 13.4. The molecular formula is C36H41FN4O5. The van der Waals surface area contributed by atoms with Crippen molar-refractivity contribution in [1.82, 2.24) is 14.6 Å². The van der Waals surface area contributed by atoms with Crippen molar-refractivity contribution in [3.8, 4) is 28.1 Å². The van der Waals surface area contributed by atoms with E-state index in [9.17, 15) is 14.3 Å². The third-order valence-corrected chi connectivity index (χ3v) is 8.54. The number of carbonyl (C=O) groups is 1. The minimum absolute atomic E-state index is 0.270. The largest absolute Gasteiger partial charge is 0.486 e. The Morgan fingerprint density at radius 2 is 1.87 bits per heavy atom. The monoisotopic (exact) mass is 628 g/mol. The number of aromatic nitrogens is 3. The van der Waals surface area contributed by atoms with E-state index in [4.69, 9.17) is 24.3 Å². The van der Waals surface area contributed by atoms with E-state index in [-0.39, 0.29) is 17.5 Å². The predicted octanol–water partition coefficient (Wildman–Crippen LogP) is 7.16. The number of hydrogen-bond donors (Lipinski definition) is 1. The Kier molecular flexibility index (Phi) is 8.37. The lowest BCUT2D eigenvalue weighted by Crippen LogP contribution is -2.45. The van der Waals surface area contributed by atoms with Crippen molar-refractivity contribution >= 4 is 17.4 Å². The zero-order valence-corrected chi connectivity index (χ0v) is 27.2. The minimum atomic E-state index is -1.26. The maximum atomic E-state index is 14.6. The molecule has 0 unspecified atom stereocenters. The fraction of sp³-hybridized carbons (Fsp3) is 0.417. The van der Waals surface area contributed by atoms with Crippen molar-refractivity contribution in [2.45, 2.75) is 77.8 Å². The summed E-state index contributed by atoms with van der Waals surface area (Å²) in [6.07, 6.45) is 3.83. The molecule has 9 nitrogen and oxygen atoms in total. The van der Waals surface area contributed by atoms with Crippen LogP contribution in [0.1, 0.15) is 64.8 Å². The van der Waals surface area contributed by atoms with Crippen molar-refractivity contribution in [2.75, 3.05) is 24.6 Å². The molecular weight excluding hydrogens is 587 g/mol. The summed E-state index contributed by atoms with van der Waals surface area (Å²) < 4.78 is 35.1. The lowest BCUT2D eigenvalue weighted by Gasteiger charge is -2.41. The van der Waals surface area contributed by atoms with Gasteiger partial charge in [-0.2, -0.15) is 9.61 Å². The van der Waals surface area contributed by atoms with Crippen LogP contribution < -0.4 is 9.64 Å². The average Bonchev–Trinajstić information content (AvgIpc) is 3.42. The summed E-state index contributed by atoms with van der Waals surface area (Å²) in [5.74, 6) is -0.248. The average molecular weight is 629 g/mol. The summed E-state index contributed by atoms with van der Waals surface area (Å²) in [6.45, 7) is 13.1. The van der Waals surface area contributed by atoms with Gasteiger partial charge in [0.15, 0.2) is 11.8 Å². The molecule has 1 fully saturated rings. The van der Waals surface area contributed by atoms with Gasteiger partial charge >= 0.3 is 5.97 Å². The van der Waals surface area contributed by atoms with Gasteiger partial charge in [-0.15, -0.1) is 0 Å². The van der Waals surface area contributed by atoms with Crippen molar-refractivity contribution in [1.29, 1.82) is 0 Å². The van der Waals surface area contributed by atoms with Crippen LogP contribution in [0.15, 0.2) is 60.7 Å². The number of halogens is 1. The summed E-state index contributed by atoms with van der Waals surface area (Å²) in [5.41, 5.74) is 3.37. The standard InChI is InChI=1S/C36H41FN4O5/c1-22-9-8-18-44-36(6)14-16-40(17-15-36)33-31(32(34(42)43)46-35(3,4)5)23(2)38-30-21-28(39-41(30)33)25-11-7-10-24(19-25)27-20-26(37)12-13-29(27)45-22/h7-13,19-22,32H,14-18H2,1-6H3,(H,42,43)/b9-8-/t22-,32-/m0/s1. The highest BCUT2D eigenvalue weighted by Crippen LogP contribution is 2.39. The SMILES string of the molecule is Cc1nc2cc3nn2c(c1[C@H](OC(C)(C)C)C(=O)O)N1CCC(C)(CC1)OC/C=C\[C@H](C)Oc1ccc(F)cc1-c1cccc-3c1. The highest BCUT2D eigenvalue weighted by molar-refractivity contribution is 5.80. The molecule has 6 bridgehead atoms. The Hall–Kier alpha value is -4.28. The first kappa shape index (κ1) is 31.7. The summed E-state index contributed by atoms with van der Waals surface area (Å²) in [7, 11) is 0. The van der Waals surface area contributed by atoms with Gasteiger partial charge in [-0.05, 0) is 90.3 Å². The molecule has 0 aliphatic carbocycles. The lowest BCUT2D eigenvalue weighted by atomic mass is 9.92. The van der Waals surface area contributed by atoms with Crippen molar-refractivity contribution in [2.24, 2.45) is 0 Å². The Morgan fingerprint density at radius 3 is 2.59 bits per heavy atom. The zero-order valence-electron chi connectivity index (χ0n) is 27.2. The van der Waals surface area contributed by atoms with E-state index < -0.39 is 17.7 Å². The molecule has 10 heteroatoms. The molecule has 3 aliphatic rings. The normalized spacial score (nSPS) is 21.6. The summed E-state index contributed by atoms with van der Waals surface area (Å²) in [6, 6.07) is 14.1. The fourth-order valence-corrected chi connectivity index (χ4v) is 6.20. The summed E-state index contributed by atoms with van der Waals surface area (Å²) >= 11 is 0. The van der Waals surface area contributed by atoms with Gasteiger partial charge in [0, 0.05) is 36.0 Å². The number of benzene rings is 2. The molecule has 0 amide bonds. The Morgan fingerprint density at radius 1 is 1.13 bits per heavy atom. The third kappa shape index (κ3) is 6.50. The van der Waals surface area contributed by atoms with Crippen LogP contribution in [0.5, 0.6) is 5.75 Å². The molecule has 1 N–H and O–H groups in total. The van der Waals surface area contributed by atoms with Crippen molar-refractivity contribution in [3.05, 3.63) is 77.8 Å². The van der Waals surface area contributed by atoms with Crippen molar-refractivity contribution in [3.63, 3.8) is 0 Å². The van der Waals surface area contributed by atoms with Crippen LogP contribution in [-0.4, -0.2) is 62.7 Å². The molecule has 2 aromatic heterocycles. The molecule has 5 heterocycles. The number of aliphatic carboxylic acids is 1. The maximum Gasteiger partial charge on any atom is 0.337 e. The molecule has 2 atom stereocenters. The molecule has 4 aromatic rings. The molecule has 2 aromatic carbocycles. The first-order valence-electron chi connectivity index (χ1n) is 15.7. The Bertz CT molecular complexity index is 1800. The van der Waals surface area contributed by atoms with Crippen molar-refractivity contribution < 1.29 is 28.5 Å². The number of carboxylic acids is 1. The van der Waals surface area contributed by atoms with Gasteiger partial charge in [0.05, 0.1) is 29.1 Å². The van der Waals surface area contributed by atoms with Crippen LogP contribution in [0.4, 0.5) is 10.2 Å². The number of anilines is 1. The van der Waals surface area contributed by atoms with Crippen LogP contribution in [0.25, 0.3) is 28.0 Å². The summed E-state index contributed by atoms with van der Waals surface area (Å²) in [5, 5.41) is 15.5. The Balaban J connectivity index is 1.56. The first-order chi connectivity index (χ1) is 21.8. The van der Waals surface area contributed by atoms with E-state index in [2.05, 4.69) is 11.8 Å². The number of rotatable bonds is 3. The quantitative estimate of drug-likeness (QED) is 0.239. The topological polar surface area (TPSA) is 98.4 Å². The van der Waals surface area contributed by atoms with Gasteiger partial charge in [-0.1, -0.05) is 24.3 Å². The predicted molar refractivity (Wildman–Crippen MR) is 175 cm³/mol. The number of piperidine rings is 1. The zero-order chi connectivity index (χ0) is 32.8. The van der Waals surface area contributed by atoms with Gasteiger partial charge in [0.1, 0.15) is 23.5 Å². The first-order valence-corrected chi connectivity index (χ1v) is 15.7. The number of hydrogen-bond acceptors (Lipinski definition) is 7. The number of fused-ring (bicyclic) bond motifs is 6. The fourth-order valence-electron chi connectivity index (χ4n) is 6.20. The Labute approximate surface area is 268 Å². The second kappa shape index (κ2) is 12.1. The van der Waals surface area contributed by atoms with Gasteiger partial charge in [0.2, 0.25) is 0 Å². The van der Waals surface area contributed by atoms with Crippen LogP contribution in [0, 0.1) is 12.7 Å².